The molecule has 0 saturated carbocycles. The zero-order valence-electron chi connectivity index (χ0n) is 15.3. The number of ether oxygens (including phenoxy) is 1. The molecule has 2 aromatic rings. The predicted molar refractivity (Wildman–Crippen MR) is 107 cm³/mol. The average Bonchev–Trinajstić information content (AvgIpc) is 2.69. The molecule has 2 rings (SSSR count). The first-order chi connectivity index (χ1) is 13.1. The van der Waals surface area contributed by atoms with Gasteiger partial charge in [-0.1, -0.05) is 29.8 Å². The molecule has 27 heavy (non-hydrogen) atoms. The van der Waals surface area contributed by atoms with Crippen LogP contribution in [0.15, 0.2) is 48.5 Å². The lowest BCUT2D eigenvalue weighted by molar-refractivity contribution is -0.119. The lowest BCUT2D eigenvalue weighted by atomic mass is 10.2. The quantitative estimate of drug-likeness (QED) is 0.546. The zero-order valence-corrected chi connectivity index (χ0v) is 16.0. The molecule has 0 aliphatic carbocycles. The summed E-state index contributed by atoms with van der Waals surface area (Å²) < 4.78 is 4.94. The second kappa shape index (κ2) is 11.2. The highest BCUT2D eigenvalue weighted by Crippen LogP contribution is 2.14. The minimum Gasteiger partial charge on any atom is -0.385 e. The van der Waals surface area contributed by atoms with E-state index in [1.54, 1.807) is 37.4 Å². The van der Waals surface area contributed by atoms with Crippen LogP contribution >= 0.6 is 11.6 Å². The summed E-state index contributed by atoms with van der Waals surface area (Å²) in [5.74, 6) is -0.273. The molecular weight excluding hydrogens is 366 g/mol. The third-order valence-electron chi connectivity index (χ3n) is 3.84. The maximum atomic E-state index is 12.0. The average molecular weight is 390 g/mol. The third-order valence-corrected chi connectivity index (χ3v) is 4.21. The van der Waals surface area contributed by atoms with Crippen molar-refractivity contribution in [3.8, 4) is 0 Å². The lowest BCUT2D eigenvalue weighted by Gasteiger charge is -2.10. The maximum Gasteiger partial charge on any atom is 0.251 e. The molecule has 0 bridgehead atoms. The Balaban J connectivity index is 1.73. The molecule has 0 aromatic heterocycles. The van der Waals surface area contributed by atoms with Gasteiger partial charge in [0.25, 0.3) is 5.91 Å². The summed E-state index contributed by atoms with van der Waals surface area (Å²) in [6.45, 7) is 1.69. The Bertz CT molecular complexity index is 750. The van der Waals surface area contributed by atoms with E-state index in [1.165, 1.54) is 0 Å². The van der Waals surface area contributed by atoms with E-state index < -0.39 is 0 Å². The highest BCUT2D eigenvalue weighted by Gasteiger charge is 2.06. The Labute approximate surface area is 164 Å². The van der Waals surface area contributed by atoms with Gasteiger partial charge in [-0.25, -0.2) is 0 Å². The van der Waals surface area contributed by atoms with E-state index in [2.05, 4.69) is 16.0 Å². The number of halogens is 1. The molecule has 2 aromatic carbocycles. The van der Waals surface area contributed by atoms with Crippen molar-refractivity contribution in [2.24, 2.45) is 0 Å². The summed E-state index contributed by atoms with van der Waals surface area (Å²) in [6.07, 6.45) is 0.769. The predicted octanol–water partition coefficient (Wildman–Crippen LogP) is 2.83. The minimum absolute atomic E-state index is 0.130. The van der Waals surface area contributed by atoms with E-state index in [0.29, 0.717) is 30.3 Å². The van der Waals surface area contributed by atoms with Crippen LogP contribution in [-0.2, 0) is 16.1 Å². The van der Waals surface area contributed by atoms with Crippen LogP contribution < -0.4 is 16.0 Å². The fourth-order valence-electron chi connectivity index (χ4n) is 2.34. The third kappa shape index (κ3) is 7.29. The van der Waals surface area contributed by atoms with Gasteiger partial charge in [-0.05, 0) is 42.3 Å². The van der Waals surface area contributed by atoms with Crippen LogP contribution in [0.1, 0.15) is 22.3 Å². The summed E-state index contributed by atoms with van der Waals surface area (Å²) in [5, 5.41) is 9.29. The van der Waals surface area contributed by atoms with Crippen molar-refractivity contribution < 1.29 is 14.3 Å². The van der Waals surface area contributed by atoms with Crippen LogP contribution in [0.2, 0.25) is 5.02 Å². The molecule has 0 spiro atoms. The largest absolute Gasteiger partial charge is 0.385 e. The van der Waals surface area contributed by atoms with Crippen LogP contribution in [0.25, 0.3) is 0 Å². The number of benzene rings is 2. The Morgan fingerprint density at radius 2 is 1.78 bits per heavy atom. The molecule has 0 radical (unpaired) electrons. The van der Waals surface area contributed by atoms with Gasteiger partial charge in [0.1, 0.15) is 0 Å². The number of hydrogen-bond acceptors (Lipinski definition) is 4. The zero-order chi connectivity index (χ0) is 19.5. The van der Waals surface area contributed by atoms with Crippen molar-refractivity contribution in [2.75, 3.05) is 32.1 Å². The van der Waals surface area contributed by atoms with E-state index in [1.807, 2.05) is 18.2 Å². The molecule has 0 atom stereocenters. The molecule has 0 heterocycles. The van der Waals surface area contributed by atoms with Crippen LogP contribution in [0.3, 0.4) is 0 Å². The first-order valence-corrected chi connectivity index (χ1v) is 9.09. The van der Waals surface area contributed by atoms with Crippen LogP contribution in [-0.4, -0.2) is 38.6 Å². The van der Waals surface area contributed by atoms with E-state index >= 15 is 0 Å². The molecule has 0 aliphatic heterocycles. The topological polar surface area (TPSA) is 79.5 Å². The fourth-order valence-corrected chi connectivity index (χ4v) is 2.54. The Hall–Kier alpha value is -2.57. The summed E-state index contributed by atoms with van der Waals surface area (Å²) in [7, 11) is 1.63. The Kier molecular flexibility index (Phi) is 8.61. The van der Waals surface area contributed by atoms with Crippen molar-refractivity contribution in [2.45, 2.75) is 13.0 Å². The van der Waals surface area contributed by atoms with Gasteiger partial charge in [0.15, 0.2) is 0 Å². The SMILES string of the molecule is COCCCNC(=O)c1ccc(NCC(=O)NCc2ccccc2Cl)cc1. The second-order valence-corrected chi connectivity index (χ2v) is 6.31. The molecule has 3 N–H and O–H groups in total. The minimum atomic E-state index is -0.144. The number of rotatable bonds is 10. The summed E-state index contributed by atoms with van der Waals surface area (Å²) >= 11 is 6.06. The highest BCUT2D eigenvalue weighted by molar-refractivity contribution is 6.31. The van der Waals surface area contributed by atoms with Crippen LogP contribution in [0.4, 0.5) is 5.69 Å². The fraction of sp³-hybridized carbons (Fsp3) is 0.300. The van der Waals surface area contributed by atoms with E-state index in [-0.39, 0.29) is 18.4 Å². The smallest absolute Gasteiger partial charge is 0.251 e. The van der Waals surface area contributed by atoms with Crippen molar-refractivity contribution in [1.82, 2.24) is 10.6 Å². The molecule has 144 valence electrons. The number of amides is 2. The number of nitrogens with one attached hydrogen (secondary N) is 3. The number of anilines is 1. The molecule has 6 nitrogen and oxygen atoms in total. The first kappa shape index (κ1) is 20.7. The highest BCUT2D eigenvalue weighted by atomic mass is 35.5. The van der Waals surface area contributed by atoms with E-state index in [0.717, 1.165) is 17.7 Å². The van der Waals surface area contributed by atoms with Crippen molar-refractivity contribution >= 4 is 29.1 Å². The maximum absolute atomic E-state index is 12.0. The number of methoxy groups -OCH3 is 1. The summed E-state index contributed by atoms with van der Waals surface area (Å²) in [4.78, 5) is 23.9. The first-order valence-electron chi connectivity index (χ1n) is 8.71. The molecule has 2 amide bonds. The molecule has 0 saturated heterocycles. The van der Waals surface area contributed by atoms with E-state index in [9.17, 15) is 9.59 Å². The van der Waals surface area contributed by atoms with Gasteiger partial charge in [0.2, 0.25) is 5.91 Å². The molecule has 7 heteroatoms. The number of carbonyl (C=O) groups is 2. The van der Waals surface area contributed by atoms with Gasteiger partial charge in [-0.3, -0.25) is 9.59 Å². The molecular formula is C20H24ClN3O3. The molecule has 0 unspecified atom stereocenters. The van der Waals surface area contributed by atoms with Gasteiger partial charge in [0.05, 0.1) is 6.54 Å². The molecule has 0 fully saturated rings. The summed E-state index contributed by atoms with van der Waals surface area (Å²) in [5.41, 5.74) is 2.20. The monoisotopic (exact) mass is 389 g/mol. The normalized spacial score (nSPS) is 10.3. The van der Waals surface area contributed by atoms with Gasteiger partial charge in [0, 0.05) is 43.1 Å². The number of carbonyl (C=O) groups excluding carboxylic acids is 2. The van der Waals surface area contributed by atoms with Crippen molar-refractivity contribution in [1.29, 1.82) is 0 Å². The lowest BCUT2D eigenvalue weighted by Crippen LogP contribution is -2.29. The van der Waals surface area contributed by atoms with Crippen LogP contribution in [0.5, 0.6) is 0 Å². The van der Waals surface area contributed by atoms with Gasteiger partial charge < -0.3 is 20.7 Å². The van der Waals surface area contributed by atoms with Crippen molar-refractivity contribution in [3.05, 3.63) is 64.7 Å². The Morgan fingerprint density at radius 3 is 2.48 bits per heavy atom. The van der Waals surface area contributed by atoms with Gasteiger partial charge in [-0.2, -0.15) is 0 Å². The summed E-state index contributed by atoms with van der Waals surface area (Å²) in [6, 6.07) is 14.4. The van der Waals surface area contributed by atoms with Gasteiger partial charge >= 0.3 is 0 Å². The van der Waals surface area contributed by atoms with E-state index in [4.69, 9.17) is 16.3 Å². The number of hydrogen-bond donors (Lipinski definition) is 3. The van der Waals surface area contributed by atoms with Gasteiger partial charge in [-0.15, -0.1) is 0 Å². The standard InChI is InChI=1S/C20H24ClN3O3/c1-27-12-4-11-22-20(26)15-7-9-17(10-8-15)23-14-19(25)24-13-16-5-2-3-6-18(16)21/h2-3,5-10,23H,4,11-14H2,1H3,(H,22,26)(H,24,25). The second-order valence-electron chi connectivity index (χ2n) is 5.90. The molecule has 0 aliphatic rings. The van der Waals surface area contributed by atoms with Crippen molar-refractivity contribution in [3.63, 3.8) is 0 Å². The Morgan fingerprint density at radius 1 is 1.04 bits per heavy atom. The van der Waals surface area contributed by atoms with Crippen LogP contribution in [0, 0.1) is 0 Å².